The van der Waals surface area contributed by atoms with Crippen molar-refractivity contribution >= 4 is 27.7 Å². The molecule has 0 saturated heterocycles. The predicted octanol–water partition coefficient (Wildman–Crippen LogP) is 2.47. The van der Waals surface area contributed by atoms with Gasteiger partial charge < -0.3 is 5.32 Å². The van der Waals surface area contributed by atoms with E-state index in [4.69, 9.17) is 5.26 Å². The Kier molecular flexibility index (Phi) is 7.42. The van der Waals surface area contributed by atoms with Crippen molar-refractivity contribution in [1.82, 2.24) is 9.62 Å². The zero-order valence-corrected chi connectivity index (χ0v) is 16.8. The fourth-order valence-electron chi connectivity index (χ4n) is 2.28. The highest BCUT2D eigenvalue weighted by Gasteiger charge is 2.18. The molecule has 6 nitrogen and oxygen atoms in total. The van der Waals surface area contributed by atoms with Gasteiger partial charge in [0.25, 0.3) is 5.91 Å². The van der Waals surface area contributed by atoms with Gasteiger partial charge in [0, 0.05) is 37.7 Å². The molecule has 0 unspecified atom stereocenters. The molecule has 0 radical (unpaired) electrons. The molecule has 0 bridgehead atoms. The Hall–Kier alpha value is -2.34. The van der Waals surface area contributed by atoms with Crippen LogP contribution in [0.2, 0.25) is 0 Å². The first kappa shape index (κ1) is 21.0. The first-order valence-corrected chi connectivity index (χ1v) is 10.8. The third-order valence-electron chi connectivity index (χ3n) is 3.80. The summed E-state index contributed by atoms with van der Waals surface area (Å²) in [6, 6.07) is 15.6. The highest BCUT2D eigenvalue weighted by Crippen LogP contribution is 2.16. The van der Waals surface area contributed by atoms with Crippen molar-refractivity contribution in [2.75, 3.05) is 26.4 Å². The zero-order chi connectivity index (χ0) is 19.9. The molecule has 27 heavy (non-hydrogen) atoms. The second-order valence-electron chi connectivity index (χ2n) is 5.89. The smallest absolute Gasteiger partial charge is 0.251 e. The number of nitrogens with one attached hydrogen (secondary N) is 1. The van der Waals surface area contributed by atoms with E-state index in [0.717, 1.165) is 9.87 Å². The summed E-state index contributed by atoms with van der Waals surface area (Å²) in [6.07, 6.45) is 0. The van der Waals surface area contributed by atoms with Gasteiger partial charge in [0.15, 0.2) is 0 Å². The van der Waals surface area contributed by atoms with Crippen molar-refractivity contribution in [2.24, 2.45) is 0 Å². The number of carbonyl (C=O) groups is 1. The fourth-order valence-corrected chi connectivity index (χ4v) is 4.10. The second kappa shape index (κ2) is 9.55. The van der Waals surface area contributed by atoms with E-state index in [1.54, 1.807) is 30.0 Å². The Labute approximate surface area is 164 Å². The third-order valence-corrected chi connectivity index (χ3v) is 6.62. The van der Waals surface area contributed by atoms with Crippen LogP contribution >= 0.6 is 11.8 Å². The fraction of sp³-hybridized carbons (Fsp3) is 0.263. The summed E-state index contributed by atoms with van der Waals surface area (Å²) in [5.74, 6) is 1.06. The van der Waals surface area contributed by atoms with Gasteiger partial charge in [-0.2, -0.15) is 17.0 Å². The largest absolute Gasteiger partial charge is 0.351 e. The number of rotatable bonds is 8. The molecule has 2 rings (SSSR count). The monoisotopic (exact) mass is 403 g/mol. The molecule has 0 saturated carbocycles. The summed E-state index contributed by atoms with van der Waals surface area (Å²) >= 11 is 1.62. The number of nitrogens with zero attached hydrogens (tertiary/aromatic N) is 2. The number of hydrogen-bond donors (Lipinski definition) is 1. The van der Waals surface area contributed by atoms with Gasteiger partial charge in [0.1, 0.15) is 0 Å². The molecule has 0 aromatic heterocycles. The predicted molar refractivity (Wildman–Crippen MR) is 107 cm³/mol. The van der Waals surface area contributed by atoms with E-state index in [2.05, 4.69) is 11.4 Å². The molecule has 2 aromatic carbocycles. The molecule has 0 aliphatic carbocycles. The van der Waals surface area contributed by atoms with Crippen LogP contribution in [-0.2, 0) is 15.8 Å². The average molecular weight is 404 g/mol. The van der Waals surface area contributed by atoms with Gasteiger partial charge in [0.05, 0.1) is 16.5 Å². The van der Waals surface area contributed by atoms with Crippen LogP contribution in [0.25, 0.3) is 0 Å². The molecular weight excluding hydrogens is 382 g/mol. The summed E-state index contributed by atoms with van der Waals surface area (Å²) in [7, 11) is -0.680. The quantitative estimate of drug-likeness (QED) is 0.684. The molecule has 0 atom stereocenters. The van der Waals surface area contributed by atoms with Crippen LogP contribution in [0.5, 0.6) is 0 Å². The van der Waals surface area contributed by atoms with E-state index < -0.39 is 10.0 Å². The molecule has 0 aliphatic rings. The summed E-state index contributed by atoms with van der Waals surface area (Å²) in [4.78, 5) is 12.3. The Bertz CT molecular complexity index is 951. The molecule has 0 heterocycles. The van der Waals surface area contributed by atoms with Crippen LogP contribution in [-0.4, -0.2) is 45.0 Å². The summed E-state index contributed by atoms with van der Waals surface area (Å²) in [5, 5.41) is 11.9. The number of sulfonamides is 1. The van der Waals surface area contributed by atoms with Crippen LogP contribution in [0, 0.1) is 11.3 Å². The standard InChI is InChI=1S/C19H21N3O3S2/c1-22(2)27(24,25)18-9-5-8-15(12-18)19(23)21-10-11-26-14-17-7-4-3-6-16(17)13-20/h3-9,12H,10-11,14H2,1-2H3,(H,21,23). The Balaban J connectivity index is 1.87. The van der Waals surface area contributed by atoms with Crippen LogP contribution in [0.3, 0.4) is 0 Å². The lowest BCUT2D eigenvalue weighted by atomic mass is 10.1. The van der Waals surface area contributed by atoms with E-state index in [1.807, 2.05) is 18.2 Å². The first-order chi connectivity index (χ1) is 12.9. The molecule has 142 valence electrons. The van der Waals surface area contributed by atoms with Crippen LogP contribution < -0.4 is 5.32 Å². The van der Waals surface area contributed by atoms with Crippen LogP contribution in [0.15, 0.2) is 53.4 Å². The lowest BCUT2D eigenvalue weighted by molar-refractivity contribution is 0.0956. The van der Waals surface area contributed by atoms with Crippen molar-refractivity contribution < 1.29 is 13.2 Å². The SMILES string of the molecule is CN(C)S(=O)(=O)c1cccc(C(=O)NCCSCc2ccccc2C#N)c1. The number of nitriles is 1. The summed E-state index contributed by atoms with van der Waals surface area (Å²) in [5.41, 5.74) is 1.93. The van der Waals surface area contributed by atoms with E-state index in [9.17, 15) is 13.2 Å². The van der Waals surface area contributed by atoms with Gasteiger partial charge in [-0.25, -0.2) is 12.7 Å². The van der Waals surface area contributed by atoms with Gasteiger partial charge in [-0.3, -0.25) is 4.79 Å². The van der Waals surface area contributed by atoms with E-state index in [-0.39, 0.29) is 10.8 Å². The van der Waals surface area contributed by atoms with Gasteiger partial charge in [0.2, 0.25) is 10.0 Å². The third kappa shape index (κ3) is 5.57. The Morgan fingerprint density at radius 3 is 2.63 bits per heavy atom. The number of thioether (sulfide) groups is 1. The van der Waals surface area contributed by atoms with Crippen LogP contribution in [0.4, 0.5) is 0 Å². The summed E-state index contributed by atoms with van der Waals surface area (Å²) in [6.45, 7) is 0.447. The maximum absolute atomic E-state index is 12.3. The normalized spacial score (nSPS) is 11.2. The van der Waals surface area contributed by atoms with E-state index >= 15 is 0 Å². The van der Waals surface area contributed by atoms with Crippen molar-refractivity contribution in [3.8, 4) is 6.07 Å². The molecule has 0 fully saturated rings. The Morgan fingerprint density at radius 2 is 1.93 bits per heavy atom. The second-order valence-corrected chi connectivity index (χ2v) is 9.15. The minimum atomic E-state index is -3.58. The van der Waals surface area contributed by atoms with E-state index in [0.29, 0.717) is 29.2 Å². The van der Waals surface area contributed by atoms with Crippen molar-refractivity contribution in [1.29, 1.82) is 5.26 Å². The topological polar surface area (TPSA) is 90.3 Å². The highest BCUT2D eigenvalue weighted by molar-refractivity contribution is 7.98. The molecule has 8 heteroatoms. The maximum atomic E-state index is 12.3. The number of hydrogen-bond acceptors (Lipinski definition) is 5. The lowest BCUT2D eigenvalue weighted by Gasteiger charge is -2.12. The summed E-state index contributed by atoms with van der Waals surface area (Å²) < 4.78 is 25.4. The molecule has 0 aliphatic heterocycles. The van der Waals surface area contributed by atoms with E-state index in [1.165, 1.54) is 26.2 Å². The molecule has 1 N–H and O–H groups in total. The highest BCUT2D eigenvalue weighted by atomic mass is 32.2. The number of carbonyl (C=O) groups excluding carboxylic acids is 1. The lowest BCUT2D eigenvalue weighted by Crippen LogP contribution is -2.27. The Morgan fingerprint density at radius 1 is 1.19 bits per heavy atom. The first-order valence-electron chi connectivity index (χ1n) is 8.23. The van der Waals surface area contributed by atoms with Gasteiger partial charge >= 0.3 is 0 Å². The minimum Gasteiger partial charge on any atom is -0.351 e. The molecule has 1 amide bonds. The average Bonchev–Trinajstić information content (AvgIpc) is 2.67. The number of benzene rings is 2. The molecule has 0 spiro atoms. The molecule has 2 aromatic rings. The van der Waals surface area contributed by atoms with Gasteiger partial charge in [-0.1, -0.05) is 24.3 Å². The van der Waals surface area contributed by atoms with Crippen LogP contribution in [0.1, 0.15) is 21.5 Å². The zero-order valence-electron chi connectivity index (χ0n) is 15.2. The maximum Gasteiger partial charge on any atom is 0.251 e. The van der Waals surface area contributed by atoms with Crippen molar-refractivity contribution in [3.63, 3.8) is 0 Å². The molecular formula is C19H21N3O3S2. The van der Waals surface area contributed by atoms with Gasteiger partial charge in [-0.05, 0) is 29.8 Å². The van der Waals surface area contributed by atoms with Gasteiger partial charge in [-0.15, -0.1) is 0 Å². The minimum absolute atomic E-state index is 0.0858. The number of amides is 1. The van der Waals surface area contributed by atoms with Crippen molar-refractivity contribution in [3.05, 3.63) is 65.2 Å². The van der Waals surface area contributed by atoms with Crippen molar-refractivity contribution in [2.45, 2.75) is 10.6 Å².